The van der Waals surface area contributed by atoms with Gasteiger partial charge in [-0.15, -0.1) is 0 Å². The first-order chi connectivity index (χ1) is 10.3. The van der Waals surface area contributed by atoms with Gasteiger partial charge in [-0.3, -0.25) is 9.59 Å². The van der Waals surface area contributed by atoms with Gasteiger partial charge >= 0.3 is 6.18 Å². The maximum atomic E-state index is 12.0. The van der Waals surface area contributed by atoms with E-state index in [1.165, 1.54) is 6.07 Å². The van der Waals surface area contributed by atoms with Crippen molar-refractivity contribution in [3.63, 3.8) is 0 Å². The number of nitrogens with zero attached hydrogens (tertiary/aromatic N) is 1. The van der Waals surface area contributed by atoms with E-state index in [1.54, 1.807) is 18.2 Å². The lowest BCUT2D eigenvalue weighted by atomic mass is 10.1. The number of amides is 1. The number of carbonyl (C=O) groups is 2. The molecule has 0 bridgehead atoms. The minimum absolute atomic E-state index is 0.107. The molecular weight excluding hydrogens is 297 g/mol. The van der Waals surface area contributed by atoms with Crippen LogP contribution >= 0.6 is 0 Å². The average molecular weight is 312 g/mol. The van der Waals surface area contributed by atoms with Crippen molar-refractivity contribution >= 4 is 17.4 Å². The number of rotatable bonds is 7. The quantitative estimate of drug-likeness (QED) is 0.782. The van der Waals surface area contributed by atoms with E-state index in [-0.39, 0.29) is 18.7 Å². The van der Waals surface area contributed by atoms with Gasteiger partial charge in [0, 0.05) is 18.5 Å². The Labute approximate surface area is 125 Å². The molecule has 4 nitrogen and oxygen atoms in total. The number of nitrogens with one attached hydrogen (secondary N) is 1. The molecule has 0 unspecified atom stereocenters. The Morgan fingerprint density at radius 3 is 2.45 bits per heavy atom. The van der Waals surface area contributed by atoms with Gasteiger partial charge in [0.15, 0.2) is 0 Å². The van der Waals surface area contributed by atoms with Crippen molar-refractivity contribution < 1.29 is 22.8 Å². The summed E-state index contributed by atoms with van der Waals surface area (Å²) in [7, 11) is 0. The van der Waals surface area contributed by atoms with E-state index in [4.69, 9.17) is 5.26 Å². The van der Waals surface area contributed by atoms with E-state index in [1.807, 2.05) is 6.07 Å². The van der Waals surface area contributed by atoms with Crippen LogP contribution in [0.2, 0.25) is 0 Å². The summed E-state index contributed by atoms with van der Waals surface area (Å²) < 4.78 is 35.9. The van der Waals surface area contributed by atoms with E-state index < -0.39 is 18.4 Å². The summed E-state index contributed by atoms with van der Waals surface area (Å²) in [6, 6.07) is 8.36. The lowest BCUT2D eigenvalue weighted by Crippen LogP contribution is -2.22. The molecule has 0 aliphatic heterocycles. The molecule has 1 aromatic carbocycles. The highest BCUT2D eigenvalue weighted by atomic mass is 19.4. The molecule has 1 rings (SSSR count). The molecule has 0 heterocycles. The minimum Gasteiger partial charge on any atom is -0.326 e. The summed E-state index contributed by atoms with van der Waals surface area (Å²) in [5, 5.41) is 11.3. The normalized spacial score (nSPS) is 10.8. The van der Waals surface area contributed by atoms with Gasteiger partial charge in [-0.25, -0.2) is 0 Å². The first-order valence-electron chi connectivity index (χ1n) is 6.73. The van der Waals surface area contributed by atoms with Gasteiger partial charge in [-0.1, -0.05) is 12.5 Å². The molecule has 1 amide bonds. The summed E-state index contributed by atoms with van der Waals surface area (Å²) in [4.78, 5) is 22.3. The molecule has 0 fully saturated rings. The fourth-order valence-electron chi connectivity index (χ4n) is 1.78. The predicted octanol–water partition coefficient (Wildman–Crippen LogP) is 3.58. The number of hydrogen-bond acceptors (Lipinski definition) is 3. The number of unbranched alkanes of at least 4 members (excludes halogenated alkanes) is 2. The Morgan fingerprint density at radius 2 is 1.82 bits per heavy atom. The van der Waals surface area contributed by atoms with Gasteiger partial charge in [-0.05, 0) is 31.0 Å². The number of anilines is 1. The molecule has 7 heteroatoms. The Hall–Kier alpha value is -2.36. The Balaban J connectivity index is 2.24. The van der Waals surface area contributed by atoms with Crippen LogP contribution in [0, 0.1) is 11.3 Å². The Morgan fingerprint density at radius 1 is 1.14 bits per heavy atom. The maximum absolute atomic E-state index is 12.0. The van der Waals surface area contributed by atoms with Gasteiger partial charge in [0.2, 0.25) is 11.7 Å². The molecule has 0 aliphatic rings. The lowest BCUT2D eigenvalue weighted by Gasteiger charge is -2.06. The van der Waals surface area contributed by atoms with Gasteiger partial charge in [-0.2, -0.15) is 18.4 Å². The molecule has 0 saturated heterocycles. The Bertz CT molecular complexity index is 577. The van der Waals surface area contributed by atoms with Crippen LogP contribution in [0.1, 0.15) is 37.7 Å². The van der Waals surface area contributed by atoms with Crippen LogP contribution in [-0.2, 0) is 9.59 Å². The van der Waals surface area contributed by atoms with Crippen molar-refractivity contribution in [1.82, 2.24) is 0 Å². The number of halogens is 3. The number of ketones is 1. The third-order valence-electron chi connectivity index (χ3n) is 2.90. The number of Topliss-reactive ketones (excluding diaryl/α,β-unsaturated/α-hetero) is 1. The van der Waals surface area contributed by atoms with E-state index >= 15 is 0 Å². The summed E-state index contributed by atoms with van der Waals surface area (Å²) in [5.74, 6) is -2.01. The summed E-state index contributed by atoms with van der Waals surface area (Å²) in [6.07, 6.45) is -4.30. The largest absolute Gasteiger partial charge is 0.449 e. The van der Waals surface area contributed by atoms with Crippen LogP contribution in [0.3, 0.4) is 0 Å². The van der Waals surface area contributed by atoms with Gasteiger partial charge in [0.25, 0.3) is 0 Å². The molecule has 0 atom stereocenters. The average Bonchev–Trinajstić information content (AvgIpc) is 2.45. The third-order valence-corrected chi connectivity index (χ3v) is 2.90. The van der Waals surface area contributed by atoms with Gasteiger partial charge < -0.3 is 5.32 Å². The molecule has 0 saturated carbocycles. The molecule has 0 spiro atoms. The van der Waals surface area contributed by atoms with Crippen molar-refractivity contribution in [2.75, 3.05) is 5.32 Å². The second kappa shape index (κ2) is 8.17. The van der Waals surface area contributed by atoms with E-state index in [9.17, 15) is 22.8 Å². The molecular formula is C15H15F3N2O2. The third kappa shape index (κ3) is 6.39. The van der Waals surface area contributed by atoms with Crippen molar-refractivity contribution in [3.05, 3.63) is 29.8 Å². The lowest BCUT2D eigenvalue weighted by molar-refractivity contribution is -0.171. The zero-order valence-corrected chi connectivity index (χ0v) is 11.7. The SMILES string of the molecule is N#Cc1cccc(NC(=O)CCCCCC(=O)C(F)(F)F)c1. The fourth-order valence-corrected chi connectivity index (χ4v) is 1.78. The molecule has 0 aliphatic carbocycles. The summed E-state index contributed by atoms with van der Waals surface area (Å²) in [5.41, 5.74) is 0.916. The van der Waals surface area contributed by atoms with Gasteiger partial charge in [0.05, 0.1) is 11.6 Å². The zero-order valence-electron chi connectivity index (χ0n) is 11.7. The predicted molar refractivity (Wildman–Crippen MR) is 73.9 cm³/mol. The van der Waals surface area contributed by atoms with Crippen LogP contribution in [0.15, 0.2) is 24.3 Å². The monoisotopic (exact) mass is 312 g/mol. The number of carbonyl (C=O) groups excluding carboxylic acids is 2. The van der Waals surface area contributed by atoms with Crippen LogP contribution in [0.4, 0.5) is 18.9 Å². The van der Waals surface area contributed by atoms with E-state index in [2.05, 4.69) is 5.32 Å². The molecule has 1 N–H and O–H groups in total. The van der Waals surface area contributed by atoms with Crippen molar-refractivity contribution in [2.45, 2.75) is 38.3 Å². The van der Waals surface area contributed by atoms with Crippen LogP contribution in [0.25, 0.3) is 0 Å². The fraction of sp³-hybridized carbons (Fsp3) is 0.400. The molecule has 22 heavy (non-hydrogen) atoms. The van der Waals surface area contributed by atoms with E-state index in [0.29, 0.717) is 24.1 Å². The van der Waals surface area contributed by atoms with Crippen molar-refractivity contribution in [2.24, 2.45) is 0 Å². The molecule has 1 aromatic rings. The smallest absolute Gasteiger partial charge is 0.326 e. The molecule has 0 radical (unpaired) electrons. The standard InChI is InChI=1S/C15H15F3N2O2/c16-15(17,18)13(21)7-2-1-3-8-14(22)20-12-6-4-5-11(9-12)10-19/h4-6,9H,1-3,7-8H2,(H,20,22). The molecule has 0 aromatic heterocycles. The second-order valence-electron chi connectivity index (χ2n) is 4.72. The highest BCUT2D eigenvalue weighted by molar-refractivity contribution is 5.90. The van der Waals surface area contributed by atoms with Crippen molar-refractivity contribution in [1.29, 1.82) is 5.26 Å². The number of nitriles is 1. The first kappa shape index (κ1) is 17.7. The number of hydrogen-bond donors (Lipinski definition) is 1. The maximum Gasteiger partial charge on any atom is 0.449 e. The number of alkyl halides is 3. The Kier molecular flexibility index (Phi) is 6.57. The van der Waals surface area contributed by atoms with Crippen LogP contribution in [0.5, 0.6) is 0 Å². The molecule has 118 valence electrons. The van der Waals surface area contributed by atoms with Gasteiger partial charge in [0.1, 0.15) is 0 Å². The number of benzene rings is 1. The topological polar surface area (TPSA) is 70.0 Å². The highest BCUT2D eigenvalue weighted by Gasteiger charge is 2.36. The second-order valence-corrected chi connectivity index (χ2v) is 4.72. The van der Waals surface area contributed by atoms with Crippen LogP contribution < -0.4 is 5.32 Å². The zero-order chi connectivity index (χ0) is 16.6. The van der Waals surface area contributed by atoms with Crippen LogP contribution in [-0.4, -0.2) is 17.9 Å². The summed E-state index contributed by atoms with van der Waals surface area (Å²) in [6.45, 7) is 0. The van der Waals surface area contributed by atoms with E-state index in [0.717, 1.165) is 0 Å². The van der Waals surface area contributed by atoms with Crippen molar-refractivity contribution in [3.8, 4) is 6.07 Å². The minimum atomic E-state index is -4.77. The highest BCUT2D eigenvalue weighted by Crippen LogP contribution is 2.19. The first-order valence-corrected chi connectivity index (χ1v) is 6.73. The summed E-state index contributed by atoms with van der Waals surface area (Å²) >= 11 is 0.